The first-order valence-corrected chi connectivity index (χ1v) is 6.96. The van der Waals surface area contributed by atoms with Crippen LogP contribution in [0.4, 0.5) is 5.00 Å². The van der Waals surface area contributed by atoms with Gasteiger partial charge in [-0.05, 0) is 31.7 Å². The molecule has 0 radical (unpaired) electrons. The fourth-order valence-corrected chi connectivity index (χ4v) is 3.41. The molecule has 1 amide bonds. The van der Waals surface area contributed by atoms with Crippen molar-refractivity contribution in [3.63, 3.8) is 0 Å². The Morgan fingerprint density at radius 2 is 2.05 bits per heavy atom. The minimum absolute atomic E-state index is 0.257. The lowest BCUT2D eigenvalue weighted by molar-refractivity contribution is -0.124. The number of amides is 1. The molecule has 0 saturated heterocycles. The summed E-state index contributed by atoms with van der Waals surface area (Å²) in [6.45, 7) is 1.66. The number of hydrogen-bond acceptors (Lipinski definition) is 5. The van der Waals surface area contributed by atoms with Gasteiger partial charge in [0, 0.05) is 12.0 Å². The van der Waals surface area contributed by atoms with Crippen molar-refractivity contribution < 1.29 is 19.1 Å². The lowest BCUT2D eigenvalue weighted by Crippen LogP contribution is -2.27. The van der Waals surface area contributed by atoms with Gasteiger partial charge < -0.3 is 14.8 Å². The number of methoxy groups -OCH3 is 2. The molecule has 0 aliphatic heterocycles. The second-order valence-corrected chi connectivity index (χ2v) is 5.53. The zero-order valence-corrected chi connectivity index (χ0v) is 12.1. The van der Waals surface area contributed by atoms with E-state index < -0.39 is 6.10 Å². The predicted octanol–water partition coefficient (Wildman–Crippen LogP) is 2.00. The Labute approximate surface area is 115 Å². The SMILES string of the molecule is COC(=O)c1c(NC(=O)C(C)OC)sc2c1CCC2. The molecule has 104 valence electrons. The first-order valence-electron chi connectivity index (χ1n) is 6.15. The molecule has 0 bridgehead atoms. The predicted molar refractivity (Wildman–Crippen MR) is 72.8 cm³/mol. The van der Waals surface area contributed by atoms with Crippen LogP contribution in [0.1, 0.15) is 34.1 Å². The van der Waals surface area contributed by atoms with Gasteiger partial charge in [0.25, 0.3) is 5.91 Å². The van der Waals surface area contributed by atoms with Crippen LogP contribution in [0.2, 0.25) is 0 Å². The van der Waals surface area contributed by atoms with Gasteiger partial charge in [-0.3, -0.25) is 4.79 Å². The number of carbonyl (C=O) groups is 2. The van der Waals surface area contributed by atoms with Crippen LogP contribution in [0.5, 0.6) is 0 Å². The third-order valence-electron chi connectivity index (χ3n) is 3.27. The van der Waals surface area contributed by atoms with Crippen LogP contribution in [-0.2, 0) is 27.1 Å². The molecule has 6 heteroatoms. The van der Waals surface area contributed by atoms with Gasteiger partial charge in [-0.1, -0.05) is 0 Å². The topological polar surface area (TPSA) is 64.6 Å². The Bertz CT molecular complexity index is 509. The van der Waals surface area contributed by atoms with Crippen molar-refractivity contribution in [3.8, 4) is 0 Å². The van der Waals surface area contributed by atoms with Crippen molar-refractivity contribution in [1.29, 1.82) is 0 Å². The number of thiophene rings is 1. The van der Waals surface area contributed by atoms with E-state index in [9.17, 15) is 9.59 Å². The summed E-state index contributed by atoms with van der Waals surface area (Å²) >= 11 is 1.46. The molecular weight excluding hydrogens is 266 g/mol. The molecule has 1 aliphatic carbocycles. The standard InChI is InChI=1S/C13H17NO4S/c1-7(17-2)11(15)14-12-10(13(16)18-3)8-5-4-6-9(8)19-12/h7H,4-6H2,1-3H3,(H,14,15). The van der Waals surface area contributed by atoms with Crippen LogP contribution in [0.15, 0.2) is 0 Å². The van der Waals surface area contributed by atoms with Crippen LogP contribution in [-0.4, -0.2) is 32.2 Å². The van der Waals surface area contributed by atoms with E-state index in [0.29, 0.717) is 10.6 Å². The van der Waals surface area contributed by atoms with Crippen LogP contribution in [0, 0.1) is 0 Å². The highest BCUT2D eigenvalue weighted by Gasteiger charge is 2.28. The molecule has 0 spiro atoms. The molecule has 0 fully saturated rings. The molecule has 1 unspecified atom stereocenters. The van der Waals surface area contributed by atoms with Crippen molar-refractivity contribution in [3.05, 3.63) is 16.0 Å². The molecule has 0 saturated carbocycles. The van der Waals surface area contributed by atoms with Crippen molar-refractivity contribution in [2.75, 3.05) is 19.5 Å². The Hall–Kier alpha value is -1.40. The second kappa shape index (κ2) is 5.71. The van der Waals surface area contributed by atoms with E-state index in [2.05, 4.69) is 5.32 Å². The molecule has 5 nitrogen and oxygen atoms in total. The zero-order chi connectivity index (χ0) is 14.0. The van der Waals surface area contributed by atoms with Crippen LogP contribution in [0.3, 0.4) is 0 Å². The van der Waals surface area contributed by atoms with Gasteiger partial charge in [0.05, 0.1) is 12.7 Å². The van der Waals surface area contributed by atoms with Crippen molar-refractivity contribution in [2.45, 2.75) is 32.3 Å². The Kier molecular flexibility index (Phi) is 4.21. The summed E-state index contributed by atoms with van der Waals surface area (Å²) in [6.07, 6.45) is 2.32. The molecule has 1 N–H and O–H groups in total. The van der Waals surface area contributed by atoms with E-state index in [1.165, 1.54) is 30.4 Å². The zero-order valence-electron chi connectivity index (χ0n) is 11.2. The third kappa shape index (κ3) is 2.64. The number of hydrogen-bond donors (Lipinski definition) is 1. The van der Waals surface area contributed by atoms with Gasteiger partial charge in [0.1, 0.15) is 11.1 Å². The van der Waals surface area contributed by atoms with Crippen LogP contribution < -0.4 is 5.32 Å². The molecular formula is C13H17NO4S. The lowest BCUT2D eigenvalue weighted by Gasteiger charge is -2.10. The van der Waals surface area contributed by atoms with Gasteiger partial charge in [0.15, 0.2) is 0 Å². The Morgan fingerprint density at radius 3 is 2.68 bits per heavy atom. The highest BCUT2D eigenvalue weighted by Crippen LogP contribution is 2.39. The van der Waals surface area contributed by atoms with Gasteiger partial charge in [-0.15, -0.1) is 11.3 Å². The maximum Gasteiger partial charge on any atom is 0.341 e. The molecule has 1 heterocycles. The fourth-order valence-electron chi connectivity index (χ4n) is 2.13. The molecule has 1 atom stereocenters. The summed E-state index contributed by atoms with van der Waals surface area (Å²) < 4.78 is 9.78. The van der Waals surface area contributed by atoms with E-state index in [4.69, 9.17) is 9.47 Å². The normalized spacial score (nSPS) is 14.9. The van der Waals surface area contributed by atoms with Crippen LogP contribution in [0.25, 0.3) is 0 Å². The summed E-state index contributed by atoms with van der Waals surface area (Å²) in [7, 11) is 2.82. The maximum atomic E-state index is 11.9. The van der Waals surface area contributed by atoms with E-state index >= 15 is 0 Å². The largest absolute Gasteiger partial charge is 0.465 e. The van der Waals surface area contributed by atoms with E-state index in [-0.39, 0.29) is 11.9 Å². The summed E-state index contributed by atoms with van der Waals surface area (Å²) in [6, 6.07) is 0. The monoisotopic (exact) mass is 283 g/mol. The highest BCUT2D eigenvalue weighted by atomic mass is 32.1. The number of aryl methyl sites for hydroxylation is 1. The number of ether oxygens (including phenoxy) is 2. The van der Waals surface area contributed by atoms with Crippen LogP contribution >= 0.6 is 11.3 Å². The molecule has 0 aromatic carbocycles. The minimum atomic E-state index is -0.553. The highest BCUT2D eigenvalue weighted by molar-refractivity contribution is 7.17. The summed E-state index contributed by atoms with van der Waals surface area (Å²) in [5.74, 6) is -0.646. The van der Waals surface area contributed by atoms with Gasteiger partial charge in [0.2, 0.25) is 0 Å². The summed E-state index contributed by atoms with van der Waals surface area (Å²) in [4.78, 5) is 24.9. The molecule has 1 aromatic rings. The third-order valence-corrected chi connectivity index (χ3v) is 4.48. The van der Waals surface area contributed by atoms with E-state index in [1.807, 2.05) is 0 Å². The van der Waals surface area contributed by atoms with Gasteiger partial charge in [-0.2, -0.15) is 0 Å². The van der Waals surface area contributed by atoms with E-state index in [1.54, 1.807) is 6.92 Å². The van der Waals surface area contributed by atoms with E-state index in [0.717, 1.165) is 24.8 Å². The number of nitrogens with one attached hydrogen (secondary N) is 1. The minimum Gasteiger partial charge on any atom is -0.465 e. The van der Waals surface area contributed by atoms with Gasteiger partial charge >= 0.3 is 5.97 Å². The smallest absolute Gasteiger partial charge is 0.341 e. The molecule has 19 heavy (non-hydrogen) atoms. The number of fused-ring (bicyclic) bond motifs is 1. The average molecular weight is 283 g/mol. The molecule has 1 aliphatic rings. The lowest BCUT2D eigenvalue weighted by atomic mass is 10.1. The molecule has 1 aromatic heterocycles. The maximum absolute atomic E-state index is 11.9. The number of anilines is 1. The summed E-state index contributed by atoms with van der Waals surface area (Å²) in [5, 5.41) is 3.33. The van der Waals surface area contributed by atoms with Crippen molar-refractivity contribution in [2.24, 2.45) is 0 Å². The Morgan fingerprint density at radius 1 is 1.32 bits per heavy atom. The Balaban J connectivity index is 2.30. The number of esters is 1. The van der Waals surface area contributed by atoms with Crippen molar-refractivity contribution >= 4 is 28.2 Å². The first-order chi connectivity index (χ1) is 9.08. The first kappa shape index (κ1) is 14.0. The second-order valence-electron chi connectivity index (χ2n) is 4.42. The average Bonchev–Trinajstić information content (AvgIpc) is 2.96. The summed E-state index contributed by atoms with van der Waals surface area (Å²) in [5.41, 5.74) is 1.54. The van der Waals surface area contributed by atoms with Crippen molar-refractivity contribution in [1.82, 2.24) is 0 Å². The van der Waals surface area contributed by atoms with Gasteiger partial charge in [-0.25, -0.2) is 4.79 Å². The molecule has 2 rings (SSSR count). The quantitative estimate of drug-likeness (QED) is 0.858. The fraction of sp³-hybridized carbons (Fsp3) is 0.538. The number of rotatable bonds is 4. The number of carbonyl (C=O) groups excluding carboxylic acids is 2.